The molecule has 0 radical (unpaired) electrons. The molecule has 2 aromatic carbocycles. The van der Waals surface area contributed by atoms with Gasteiger partial charge in [0.15, 0.2) is 5.78 Å². The zero-order chi connectivity index (χ0) is 13.8. The van der Waals surface area contributed by atoms with Crippen molar-refractivity contribution in [2.24, 2.45) is 0 Å². The van der Waals surface area contributed by atoms with Gasteiger partial charge < -0.3 is 0 Å². The molecular weight excluding hydrogens is 303 g/mol. The van der Waals surface area contributed by atoms with Crippen LogP contribution < -0.4 is 0 Å². The Morgan fingerprint density at radius 3 is 2.21 bits per heavy atom. The molecule has 0 fully saturated rings. The minimum atomic E-state index is -0.0597. The SMILES string of the molecule is O=C(CCc1cccc(Cl)c1)c1c(Cl)cccc1Cl. The van der Waals surface area contributed by atoms with Gasteiger partial charge in [0.2, 0.25) is 0 Å². The molecule has 98 valence electrons. The van der Waals surface area contributed by atoms with Crippen LogP contribution in [-0.2, 0) is 6.42 Å². The Balaban J connectivity index is 2.10. The molecule has 1 nitrogen and oxygen atoms in total. The summed E-state index contributed by atoms with van der Waals surface area (Å²) in [5, 5.41) is 1.45. The van der Waals surface area contributed by atoms with Gasteiger partial charge in [-0.25, -0.2) is 0 Å². The lowest BCUT2D eigenvalue weighted by Gasteiger charge is -2.06. The minimum absolute atomic E-state index is 0.0597. The molecule has 0 heterocycles. The molecule has 0 spiro atoms. The first-order chi connectivity index (χ1) is 9.08. The molecule has 0 saturated heterocycles. The van der Waals surface area contributed by atoms with Crippen molar-refractivity contribution >= 4 is 40.6 Å². The average molecular weight is 314 g/mol. The van der Waals surface area contributed by atoms with Crippen LogP contribution in [0.4, 0.5) is 0 Å². The molecule has 0 amide bonds. The predicted molar refractivity (Wildman–Crippen MR) is 80.6 cm³/mol. The summed E-state index contributed by atoms with van der Waals surface area (Å²) in [5.74, 6) is -0.0597. The van der Waals surface area contributed by atoms with Gasteiger partial charge in [0, 0.05) is 11.4 Å². The van der Waals surface area contributed by atoms with Crippen molar-refractivity contribution in [2.75, 3.05) is 0 Å². The summed E-state index contributed by atoms with van der Waals surface area (Å²) >= 11 is 17.9. The van der Waals surface area contributed by atoms with Crippen molar-refractivity contribution in [1.29, 1.82) is 0 Å². The molecule has 2 rings (SSSR count). The quantitative estimate of drug-likeness (QED) is 0.685. The van der Waals surface area contributed by atoms with Crippen LogP contribution in [0.1, 0.15) is 22.3 Å². The van der Waals surface area contributed by atoms with Crippen molar-refractivity contribution < 1.29 is 4.79 Å². The van der Waals surface area contributed by atoms with Gasteiger partial charge in [-0.15, -0.1) is 0 Å². The Morgan fingerprint density at radius 1 is 0.947 bits per heavy atom. The topological polar surface area (TPSA) is 17.1 Å². The first-order valence-corrected chi connectivity index (χ1v) is 6.93. The van der Waals surface area contributed by atoms with Crippen LogP contribution in [0.5, 0.6) is 0 Å². The summed E-state index contributed by atoms with van der Waals surface area (Å²) in [4.78, 5) is 12.1. The lowest BCUT2D eigenvalue weighted by Crippen LogP contribution is -2.03. The van der Waals surface area contributed by atoms with Gasteiger partial charge in [0.1, 0.15) is 0 Å². The van der Waals surface area contributed by atoms with Crippen LogP contribution in [0.2, 0.25) is 15.1 Å². The van der Waals surface area contributed by atoms with E-state index in [9.17, 15) is 4.79 Å². The van der Waals surface area contributed by atoms with E-state index in [4.69, 9.17) is 34.8 Å². The van der Waals surface area contributed by atoms with Crippen LogP contribution in [-0.4, -0.2) is 5.78 Å². The highest BCUT2D eigenvalue weighted by Gasteiger charge is 2.14. The predicted octanol–water partition coefficient (Wildman–Crippen LogP) is 5.46. The van der Waals surface area contributed by atoms with E-state index in [2.05, 4.69) is 0 Å². The van der Waals surface area contributed by atoms with Crippen molar-refractivity contribution in [3.63, 3.8) is 0 Å². The molecule has 4 heteroatoms. The summed E-state index contributed by atoms with van der Waals surface area (Å²) in [6.45, 7) is 0. The number of hydrogen-bond donors (Lipinski definition) is 0. The van der Waals surface area contributed by atoms with Gasteiger partial charge >= 0.3 is 0 Å². The third-order valence-corrected chi connectivity index (χ3v) is 3.64. The molecule has 0 aromatic heterocycles. The van der Waals surface area contributed by atoms with Crippen LogP contribution in [0, 0.1) is 0 Å². The summed E-state index contributed by atoms with van der Waals surface area (Å²) in [5.41, 5.74) is 1.41. The maximum Gasteiger partial charge on any atom is 0.166 e. The number of hydrogen-bond acceptors (Lipinski definition) is 1. The van der Waals surface area contributed by atoms with Gasteiger partial charge in [-0.05, 0) is 36.2 Å². The molecular formula is C15H11Cl3O. The van der Waals surface area contributed by atoms with Crippen LogP contribution in [0.15, 0.2) is 42.5 Å². The van der Waals surface area contributed by atoms with E-state index in [0.29, 0.717) is 33.5 Å². The smallest absolute Gasteiger partial charge is 0.166 e. The number of benzene rings is 2. The largest absolute Gasteiger partial charge is 0.294 e. The van der Waals surface area contributed by atoms with E-state index in [-0.39, 0.29) is 5.78 Å². The molecule has 0 unspecified atom stereocenters. The van der Waals surface area contributed by atoms with Crippen LogP contribution in [0.3, 0.4) is 0 Å². The van der Waals surface area contributed by atoms with E-state index in [1.807, 2.05) is 18.2 Å². The summed E-state index contributed by atoms with van der Waals surface area (Å²) in [7, 11) is 0. The number of aryl methyl sites for hydroxylation is 1. The monoisotopic (exact) mass is 312 g/mol. The van der Waals surface area contributed by atoms with Gasteiger partial charge in [0.05, 0.1) is 15.6 Å². The Labute approximate surface area is 127 Å². The van der Waals surface area contributed by atoms with E-state index in [1.54, 1.807) is 24.3 Å². The second kappa shape index (κ2) is 6.42. The minimum Gasteiger partial charge on any atom is -0.294 e. The highest BCUT2D eigenvalue weighted by atomic mass is 35.5. The second-order valence-corrected chi connectivity index (χ2v) is 5.40. The molecule has 0 bridgehead atoms. The maximum absolute atomic E-state index is 12.1. The van der Waals surface area contributed by atoms with E-state index in [1.165, 1.54) is 0 Å². The van der Waals surface area contributed by atoms with Crippen molar-refractivity contribution in [2.45, 2.75) is 12.8 Å². The highest BCUT2D eigenvalue weighted by Crippen LogP contribution is 2.26. The first-order valence-electron chi connectivity index (χ1n) is 5.79. The molecule has 0 aliphatic rings. The van der Waals surface area contributed by atoms with Crippen molar-refractivity contribution in [3.8, 4) is 0 Å². The number of carbonyl (C=O) groups excluding carboxylic acids is 1. The highest BCUT2D eigenvalue weighted by molar-refractivity contribution is 6.39. The molecule has 0 N–H and O–H groups in total. The fourth-order valence-electron chi connectivity index (χ4n) is 1.84. The molecule has 0 saturated carbocycles. The van der Waals surface area contributed by atoms with E-state index >= 15 is 0 Å². The molecule has 0 atom stereocenters. The van der Waals surface area contributed by atoms with E-state index < -0.39 is 0 Å². The number of halogens is 3. The number of carbonyl (C=O) groups is 1. The van der Waals surface area contributed by atoms with Gasteiger partial charge in [0.25, 0.3) is 0 Å². The number of rotatable bonds is 4. The Morgan fingerprint density at radius 2 is 1.58 bits per heavy atom. The third kappa shape index (κ3) is 3.73. The lowest BCUT2D eigenvalue weighted by molar-refractivity contribution is 0.0983. The van der Waals surface area contributed by atoms with Crippen molar-refractivity contribution in [3.05, 3.63) is 68.7 Å². The number of ketones is 1. The summed E-state index contributed by atoms with van der Waals surface area (Å²) in [6.07, 6.45) is 0.963. The average Bonchev–Trinajstić information content (AvgIpc) is 2.36. The van der Waals surface area contributed by atoms with Gasteiger partial charge in [-0.2, -0.15) is 0 Å². The fourth-order valence-corrected chi connectivity index (χ4v) is 2.66. The maximum atomic E-state index is 12.1. The van der Waals surface area contributed by atoms with Gasteiger partial charge in [-0.1, -0.05) is 53.0 Å². The zero-order valence-electron chi connectivity index (χ0n) is 10.00. The van der Waals surface area contributed by atoms with Gasteiger partial charge in [-0.3, -0.25) is 4.79 Å². The molecule has 2 aromatic rings. The number of Topliss-reactive ketones (excluding diaryl/α,β-unsaturated/α-hetero) is 1. The fraction of sp³-hybridized carbons (Fsp3) is 0.133. The Hall–Kier alpha value is -1.02. The van der Waals surface area contributed by atoms with Crippen LogP contribution >= 0.6 is 34.8 Å². The zero-order valence-corrected chi connectivity index (χ0v) is 12.3. The Kier molecular flexibility index (Phi) is 4.87. The van der Waals surface area contributed by atoms with E-state index in [0.717, 1.165) is 5.56 Å². The summed E-state index contributed by atoms with van der Waals surface area (Å²) < 4.78 is 0. The first kappa shape index (κ1) is 14.4. The molecule has 19 heavy (non-hydrogen) atoms. The Bertz CT molecular complexity index is 588. The second-order valence-electron chi connectivity index (χ2n) is 4.15. The summed E-state index contributed by atoms with van der Waals surface area (Å²) in [6, 6.07) is 12.5. The third-order valence-electron chi connectivity index (χ3n) is 2.77. The molecule has 0 aliphatic heterocycles. The van der Waals surface area contributed by atoms with Crippen molar-refractivity contribution in [1.82, 2.24) is 0 Å². The normalized spacial score (nSPS) is 10.5. The van der Waals surface area contributed by atoms with Crippen LogP contribution in [0.25, 0.3) is 0 Å². The standard InChI is InChI=1S/C15H11Cl3O/c16-11-4-1-3-10(9-11)7-8-14(19)15-12(17)5-2-6-13(15)18/h1-6,9H,7-8H2. The lowest BCUT2D eigenvalue weighted by atomic mass is 10.0. The molecule has 0 aliphatic carbocycles.